The van der Waals surface area contributed by atoms with Gasteiger partial charge in [-0.2, -0.15) is 5.10 Å². The maximum absolute atomic E-state index is 13.6. The van der Waals surface area contributed by atoms with E-state index < -0.39 is 6.04 Å². The van der Waals surface area contributed by atoms with Gasteiger partial charge in [0.15, 0.2) is 0 Å². The highest BCUT2D eigenvalue weighted by Gasteiger charge is 2.37. The van der Waals surface area contributed by atoms with E-state index in [1.54, 1.807) is 29.3 Å². The molecule has 0 bridgehead atoms. The van der Waals surface area contributed by atoms with Crippen LogP contribution in [-0.2, 0) is 4.79 Å². The van der Waals surface area contributed by atoms with E-state index in [-0.39, 0.29) is 11.7 Å². The summed E-state index contributed by atoms with van der Waals surface area (Å²) in [6, 6.07) is 11.6. The summed E-state index contributed by atoms with van der Waals surface area (Å²) < 4.78 is 20.7. The van der Waals surface area contributed by atoms with Crippen molar-refractivity contribution in [1.29, 1.82) is 0 Å². The maximum Gasteiger partial charge on any atom is 0.254 e. The summed E-state index contributed by atoms with van der Waals surface area (Å²) in [5.41, 5.74) is 2.40. The van der Waals surface area contributed by atoms with Gasteiger partial charge in [-0.15, -0.1) is 0 Å². The van der Waals surface area contributed by atoms with E-state index in [0.717, 1.165) is 17.2 Å². The summed E-state index contributed by atoms with van der Waals surface area (Å²) in [6.45, 7) is 4.47. The standard InChI is InChI=1S/C22H22FN5O2/c1-15-20(21(18-3-2-14-30-18)28-19(25-15)8-9-24-28)22(29)27-12-10-26(11-13-27)17-6-4-16(23)5-7-17/h2-9,14,21,25H,10-13H2,1H3. The molecule has 8 heteroatoms. The van der Waals surface area contributed by atoms with Gasteiger partial charge in [0.25, 0.3) is 5.91 Å². The molecule has 4 heterocycles. The predicted octanol–water partition coefficient (Wildman–Crippen LogP) is 3.25. The number of piperazine rings is 1. The number of rotatable bonds is 3. The quantitative estimate of drug-likeness (QED) is 0.722. The van der Waals surface area contributed by atoms with Crippen LogP contribution in [0.4, 0.5) is 15.9 Å². The largest absolute Gasteiger partial charge is 0.467 e. The second-order valence-corrected chi connectivity index (χ2v) is 7.50. The zero-order chi connectivity index (χ0) is 20.7. The van der Waals surface area contributed by atoms with E-state index in [9.17, 15) is 9.18 Å². The molecule has 154 valence electrons. The first-order valence-electron chi connectivity index (χ1n) is 9.96. The molecule has 7 nitrogen and oxygen atoms in total. The van der Waals surface area contributed by atoms with Crippen LogP contribution in [0.5, 0.6) is 0 Å². The van der Waals surface area contributed by atoms with Gasteiger partial charge in [-0.1, -0.05) is 0 Å². The molecule has 5 rings (SSSR count). The van der Waals surface area contributed by atoms with Crippen LogP contribution in [0.1, 0.15) is 18.7 Å². The molecule has 30 heavy (non-hydrogen) atoms. The molecule has 0 saturated carbocycles. The van der Waals surface area contributed by atoms with E-state index >= 15 is 0 Å². The number of amides is 1. The number of carbonyl (C=O) groups is 1. The Labute approximate surface area is 173 Å². The zero-order valence-corrected chi connectivity index (χ0v) is 16.6. The first-order valence-corrected chi connectivity index (χ1v) is 9.96. The fourth-order valence-corrected chi connectivity index (χ4v) is 4.18. The number of nitrogens with one attached hydrogen (secondary N) is 1. The van der Waals surface area contributed by atoms with Crippen LogP contribution in [0.3, 0.4) is 0 Å². The number of carbonyl (C=O) groups excluding carboxylic acids is 1. The van der Waals surface area contributed by atoms with Gasteiger partial charge in [0, 0.05) is 43.6 Å². The normalized spacial score (nSPS) is 18.9. The van der Waals surface area contributed by atoms with Gasteiger partial charge in [-0.25, -0.2) is 9.07 Å². The highest BCUT2D eigenvalue weighted by molar-refractivity contribution is 5.97. The van der Waals surface area contributed by atoms with E-state index in [1.807, 2.05) is 30.0 Å². The van der Waals surface area contributed by atoms with E-state index in [1.165, 1.54) is 12.1 Å². The predicted molar refractivity (Wildman–Crippen MR) is 111 cm³/mol. The summed E-state index contributed by atoms with van der Waals surface area (Å²) in [4.78, 5) is 17.6. The van der Waals surface area contributed by atoms with Crippen molar-refractivity contribution in [2.24, 2.45) is 0 Å². The van der Waals surface area contributed by atoms with Crippen molar-refractivity contribution >= 4 is 17.4 Å². The molecule has 2 aliphatic rings. The lowest BCUT2D eigenvalue weighted by Gasteiger charge is -2.38. The first kappa shape index (κ1) is 18.5. The van der Waals surface area contributed by atoms with Crippen molar-refractivity contribution in [2.45, 2.75) is 13.0 Å². The van der Waals surface area contributed by atoms with E-state index in [2.05, 4.69) is 15.3 Å². The zero-order valence-electron chi connectivity index (χ0n) is 16.6. The van der Waals surface area contributed by atoms with Crippen LogP contribution in [0.15, 0.2) is 70.6 Å². The lowest BCUT2D eigenvalue weighted by Crippen LogP contribution is -2.50. The lowest BCUT2D eigenvalue weighted by atomic mass is 9.98. The number of hydrogen-bond donors (Lipinski definition) is 1. The van der Waals surface area contributed by atoms with Crippen LogP contribution in [0.25, 0.3) is 0 Å². The lowest BCUT2D eigenvalue weighted by molar-refractivity contribution is -0.128. The van der Waals surface area contributed by atoms with Gasteiger partial charge < -0.3 is 19.5 Å². The van der Waals surface area contributed by atoms with Crippen molar-refractivity contribution in [3.63, 3.8) is 0 Å². The summed E-state index contributed by atoms with van der Waals surface area (Å²) in [6.07, 6.45) is 3.32. The number of furan rings is 1. The van der Waals surface area contributed by atoms with E-state index in [0.29, 0.717) is 37.5 Å². The first-order chi connectivity index (χ1) is 14.6. The van der Waals surface area contributed by atoms with Crippen molar-refractivity contribution in [3.05, 3.63) is 77.8 Å². The third kappa shape index (κ3) is 3.14. The molecular weight excluding hydrogens is 385 g/mol. The molecule has 1 aromatic carbocycles. The SMILES string of the molecule is CC1=C(C(=O)N2CCN(c3ccc(F)cc3)CC2)C(c2ccco2)n2nccc2N1. The second-order valence-electron chi connectivity index (χ2n) is 7.50. The fraction of sp³-hybridized carbons (Fsp3) is 0.273. The summed E-state index contributed by atoms with van der Waals surface area (Å²) in [5, 5.41) is 7.70. The van der Waals surface area contributed by atoms with Crippen LogP contribution in [0.2, 0.25) is 0 Å². The highest BCUT2D eigenvalue weighted by Crippen LogP contribution is 2.36. The number of hydrogen-bond acceptors (Lipinski definition) is 5. The molecule has 0 aliphatic carbocycles. The summed E-state index contributed by atoms with van der Waals surface area (Å²) in [7, 11) is 0. The Balaban J connectivity index is 1.38. The van der Waals surface area contributed by atoms with Crippen LogP contribution in [-0.4, -0.2) is 46.8 Å². The smallest absolute Gasteiger partial charge is 0.254 e. The van der Waals surface area contributed by atoms with Gasteiger partial charge in [0.2, 0.25) is 0 Å². The number of allylic oxidation sites excluding steroid dienone is 1. The summed E-state index contributed by atoms with van der Waals surface area (Å²) in [5.74, 6) is 1.23. The monoisotopic (exact) mass is 407 g/mol. The number of fused-ring (bicyclic) bond motifs is 1. The Morgan fingerprint density at radius 2 is 1.90 bits per heavy atom. The molecule has 0 radical (unpaired) electrons. The van der Waals surface area contributed by atoms with Gasteiger partial charge in [0.1, 0.15) is 23.4 Å². The minimum Gasteiger partial charge on any atom is -0.467 e. The average molecular weight is 407 g/mol. The molecule has 1 N–H and O–H groups in total. The van der Waals surface area contributed by atoms with Crippen LogP contribution in [0, 0.1) is 5.82 Å². The molecule has 0 spiro atoms. The van der Waals surface area contributed by atoms with Gasteiger partial charge in [0.05, 0.1) is 18.0 Å². The van der Waals surface area contributed by atoms with Crippen molar-refractivity contribution < 1.29 is 13.6 Å². The van der Waals surface area contributed by atoms with Gasteiger partial charge >= 0.3 is 0 Å². The topological polar surface area (TPSA) is 66.5 Å². The van der Waals surface area contributed by atoms with Crippen LogP contribution < -0.4 is 10.2 Å². The average Bonchev–Trinajstić information content (AvgIpc) is 3.45. The van der Waals surface area contributed by atoms with Crippen LogP contribution >= 0.6 is 0 Å². The van der Waals surface area contributed by atoms with Crippen molar-refractivity contribution in [3.8, 4) is 0 Å². The molecule has 1 saturated heterocycles. The molecule has 2 aliphatic heterocycles. The molecule has 1 amide bonds. The highest BCUT2D eigenvalue weighted by atomic mass is 19.1. The number of halogens is 1. The Morgan fingerprint density at radius 3 is 2.60 bits per heavy atom. The van der Waals surface area contributed by atoms with Gasteiger partial charge in [-0.3, -0.25) is 4.79 Å². The number of benzene rings is 1. The third-order valence-electron chi connectivity index (χ3n) is 5.71. The molecule has 3 aromatic rings. The Bertz CT molecular complexity index is 1080. The van der Waals surface area contributed by atoms with Crippen molar-refractivity contribution in [1.82, 2.24) is 14.7 Å². The Kier molecular flexibility index (Phi) is 4.54. The number of aromatic nitrogens is 2. The molecule has 2 aromatic heterocycles. The van der Waals surface area contributed by atoms with E-state index in [4.69, 9.17) is 4.42 Å². The van der Waals surface area contributed by atoms with Gasteiger partial charge in [-0.05, 0) is 43.3 Å². The molecular formula is C22H22FN5O2. The minimum absolute atomic E-state index is 0.0266. The minimum atomic E-state index is -0.408. The molecule has 1 unspecified atom stereocenters. The summed E-state index contributed by atoms with van der Waals surface area (Å²) >= 11 is 0. The fourth-order valence-electron chi connectivity index (χ4n) is 4.18. The number of nitrogens with zero attached hydrogens (tertiary/aromatic N) is 4. The Morgan fingerprint density at radius 1 is 1.13 bits per heavy atom. The second kappa shape index (κ2) is 7.37. The maximum atomic E-state index is 13.6. The Hall–Kier alpha value is -3.55. The van der Waals surface area contributed by atoms with Crippen molar-refractivity contribution in [2.75, 3.05) is 36.4 Å². The molecule has 1 atom stereocenters. The number of anilines is 2. The third-order valence-corrected chi connectivity index (χ3v) is 5.71. The molecule has 1 fully saturated rings.